The Labute approximate surface area is 186 Å². The predicted molar refractivity (Wildman–Crippen MR) is 123 cm³/mol. The van der Waals surface area contributed by atoms with E-state index in [0.717, 1.165) is 37.0 Å². The Bertz CT molecular complexity index is 838. The lowest BCUT2D eigenvalue weighted by molar-refractivity contribution is -0.124. The van der Waals surface area contributed by atoms with Crippen LogP contribution in [0.1, 0.15) is 64.9 Å². The van der Waals surface area contributed by atoms with Crippen LogP contribution in [0.5, 0.6) is 5.75 Å². The first kappa shape index (κ1) is 26.0. The zero-order chi connectivity index (χ0) is 22.8. The number of hydrogen-bond acceptors (Lipinski definition) is 6. The van der Waals surface area contributed by atoms with Crippen molar-refractivity contribution in [1.82, 2.24) is 10.6 Å². The summed E-state index contributed by atoms with van der Waals surface area (Å²) < 4.78 is 29.4. The molecule has 9 heteroatoms. The number of rotatable bonds is 8. The number of amides is 1. The van der Waals surface area contributed by atoms with E-state index in [0.29, 0.717) is 5.11 Å². The van der Waals surface area contributed by atoms with Gasteiger partial charge in [0.25, 0.3) is 0 Å². The van der Waals surface area contributed by atoms with Crippen molar-refractivity contribution in [2.24, 2.45) is 4.36 Å². The van der Waals surface area contributed by atoms with Gasteiger partial charge >= 0.3 is 10.5 Å². The number of carbonyl (C=O) groups is 1. The van der Waals surface area contributed by atoms with Gasteiger partial charge in [0.2, 0.25) is 5.91 Å². The van der Waals surface area contributed by atoms with E-state index in [2.05, 4.69) is 21.9 Å². The van der Waals surface area contributed by atoms with Gasteiger partial charge in [-0.05, 0) is 63.0 Å². The Balaban J connectivity index is 0.000000325. The predicted octanol–water partition coefficient (Wildman–Crippen LogP) is 3.76. The molecule has 7 nitrogen and oxygen atoms in total. The average Bonchev–Trinajstić information content (AvgIpc) is 3.47. The second kappa shape index (κ2) is 12.0. The van der Waals surface area contributed by atoms with Gasteiger partial charge in [0.1, 0.15) is 5.75 Å². The Hall–Kier alpha value is -2.00. The highest BCUT2D eigenvalue weighted by atomic mass is 32.2. The Kier molecular flexibility index (Phi) is 10.4. The lowest BCUT2D eigenvalue weighted by atomic mass is 9.84. The molecular weight excluding hydrogens is 422 g/mol. The largest absolute Gasteiger partial charge is 0.497 e. The highest BCUT2D eigenvalue weighted by Gasteiger charge is 2.42. The number of methoxy groups -OCH3 is 1. The van der Waals surface area contributed by atoms with Gasteiger partial charge in [-0.2, -0.15) is 12.8 Å². The molecule has 0 aromatic heterocycles. The molecule has 0 saturated heterocycles. The smallest absolute Gasteiger partial charge is 0.311 e. The first-order chi connectivity index (χ1) is 14.1. The molecule has 2 N–H and O–H groups in total. The minimum atomic E-state index is -2.20. The van der Waals surface area contributed by atoms with E-state index in [-0.39, 0.29) is 11.4 Å². The molecule has 1 amide bonds. The lowest BCUT2D eigenvalue weighted by Gasteiger charge is -2.24. The Morgan fingerprint density at radius 3 is 2.27 bits per heavy atom. The zero-order valence-corrected chi connectivity index (χ0v) is 20.1. The molecule has 30 heavy (non-hydrogen) atoms. The molecule has 0 radical (unpaired) electrons. The van der Waals surface area contributed by atoms with E-state index in [1.54, 1.807) is 14.2 Å². The lowest BCUT2D eigenvalue weighted by Crippen LogP contribution is -2.46. The van der Waals surface area contributed by atoms with E-state index in [1.807, 2.05) is 38.1 Å². The molecular formula is C21H33N3O4S2. The summed E-state index contributed by atoms with van der Waals surface area (Å²) in [6.07, 6.45) is 6.35. The fraction of sp³-hybridized carbons (Fsp3) is 0.619. The summed E-state index contributed by atoms with van der Waals surface area (Å²) in [5.74, 6) is 0.618. The van der Waals surface area contributed by atoms with Crippen LogP contribution in [-0.4, -0.2) is 39.1 Å². The summed E-state index contributed by atoms with van der Waals surface area (Å²) in [5, 5.41) is 5.69. The summed E-state index contributed by atoms with van der Waals surface area (Å²) >= 11 is 4.93. The van der Waals surface area contributed by atoms with Gasteiger partial charge in [0, 0.05) is 7.05 Å². The number of benzene rings is 1. The molecule has 0 heterocycles. The van der Waals surface area contributed by atoms with Gasteiger partial charge in [-0.3, -0.25) is 4.79 Å². The topological polar surface area (TPSA) is 96.9 Å². The quantitative estimate of drug-likeness (QED) is 0.458. The van der Waals surface area contributed by atoms with Gasteiger partial charge in [0.05, 0.1) is 18.1 Å². The highest BCUT2D eigenvalue weighted by Crippen LogP contribution is 2.44. The Morgan fingerprint density at radius 1 is 1.23 bits per heavy atom. The van der Waals surface area contributed by atoms with E-state index in [9.17, 15) is 13.2 Å². The van der Waals surface area contributed by atoms with Gasteiger partial charge < -0.3 is 15.4 Å². The first-order valence-electron chi connectivity index (χ1n) is 10.1. The van der Waals surface area contributed by atoms with Crippen LogP contribution in [0.4, 0.5) is 0 Å². The highest BCUT2D eigenvalue weighted by molar-refractivity contribution is 7.80. The van der Waals surface area contributed by atoms with Crippen molar-refractivity contribution in [1.29, 1.82) is 0 Å². The van der Waals surface area contributed by atoms with Crippen molar-refractivity contribution < 1.29 is 17.9 Å². The van der Waals surface area contributed by atoms with Crippen LogP contribution in [0.25, 0.3) is 0 Å². The fourth-order valence-electron chi connectivity index (χ4n) is 2.85. The van der Waals surface area contributed by atoms with Crippen molar-refractivity contribution in [2.45, 2.75) is 70.3 Å². The van der Waals surface area contributed by atoms with Crippen LogP contribution < -0.4 is 15.4 Å². The third-order valence-electron chi connectivity index (χ3n) is 5.17. The summed E-state index contributed by atoms with van der Waals surface area (Å²) in [6.45, 7) is 5.84. The normalized spacial score (nSPS) is 13.9. The SMILES string of the molecule is CCCCCC1(N=S(=O)=O)CC1.CNC(=S)NC(=O)C(C)(C)c1ccc(OC)cc1. The summed E-state index contributed by atoms with van der Waals surface area (Å²) in [6, 6.07) is 7.42. The van der Waals surface area contributed by atoms with Crippen molar-refractivity contribution in [2.75, 3.05) is 14.2 Å². The van der Waals surface area contributed by atoms with Gasteiger partial charge in [-0.15, -0.1) is 0 Å². The van der Waals surface area contributed by atoms with Crippen LogP contribution in [-0.2, 0) is 20.7 Å². The third kappa shape index (κ3) is 8.39. The molecule has 0 bridgehead atoms. The maximum atomic E-state index is 12.1. The number of thiocarbonyl (C=S) groups is 1. The van der Waals surface area contributed by atoms with Crippen molar-refractivity contribution in [3.63, 3.8) is 0 Å². The van der Waals surface area contributed by atoms with E-state index in [4.69, 9.17) is 17.0 Å². The molecule has 1 aliphatic carbocycles. The molecule has 0 atom stereocenters. The monoisotopic (exact) mass is 455 g/mol. The van der Waals surface area contributed by atoms with E-state index < -0.39 is 15.9 Å². The third-order valence-corrected chi connectivity index (χ3v) is 6.02. The minimum Gasteiger partial charge on any atom is -0.497 e. The Morgan fingerprint density at radius 2 is 1.83 bits per heavy atom. The summed E-state index contributed by atoms with van der Waals surface area (Å²) in [5.41, 5.74) is 0.0781. The maximum absolute atomic E-state index is 12.1. The number of hydrogen-bond donors (Lipinski definition) is 2. The van der Waals surface area contributed by atoms with Crippen molar-refractivity contribution in [3.8, 4) is 5.75 Å². The molecule has 168 valence electrons. The zero-order valence-electron chi connectivity index (χ0n) is 18.4. The van der Waals surface area contributed by atoms with Crippen LogP contribution in [0.15, 0.2) is 28.6 Å². The first-order valence-corrected chi connectivity index (χ1v) is 11.5. The molecule has 1 aromatic rings. The van der Waals surface area contributed by atoms with Crippen molar-refractivity contribution in [3.05, 3.63) is 29.8 Å². The van der Waals surface area contributed by atoms with Gasteiger partial charge in [0.15, 0.2) is 5.11 Å². The van der Waals surface area contributed by atoms with Gasteiger partial charge in [-0.1, -0.05) is 38.3 Å². The maximum Gasteiger partial charge on any atom is 0.311 e. The van der Waals surface area contributed by atoms with Crippen LogP contribution in [0.3, 0.4) is 0 Å². The van der Waals surface area contributed by atoms with Gasteiger partial charge in [-0.25, -0.2) is 0 Å². The van der Waals surface area contributed by atoms with E-state index in [1.165, 1.54) is 12.8 Å². The molecule has 0 aliphatic heterocycles. The van der Waals surface area contributed by atoms with Crippen LogP contribution in [0.2, 0.25) is 0 Å². The van der Waals surface area contributed by atoms with Crippen molar-refractivity contribution >= 4 is 33.7 Å². The summed E-state index contributed by atoms with van der Waals surface area (Å²) in [4.78, 5) is 12.1. The molecule has 2 rings (SSSR count). The number of unbranched alkanes of at least 4 members (excludes halogenated alkanes) is 2. The van der Waals surface area contributed by atoms with E-state index >= 15 is 0 Å². The van der Waals surface area contributed by atoms with Crippen LogP contribution in [0, 0.1) is 0 Å². The number of ether oxygens (including phenoxy) is 1. The molecule has 1 aromatic carbocycles. The number of nitrogens with zero attached hydrogens (tertiary/aromatic N) is 1. The average molecular weight is 456 g/mol. The number of nitrogens with one attached hydrogen (secondary N) is 2. The molecule has 0 unspecified atom stereocenters. The molecule has 1 aliphatic rings. The molecule has 0 spiro atoms. The second-order valence-electron chi connectivity index (χ2n) is 7.88. The molecule has 1 fully saturated rings. The fourth-order valence-corrected chi connectivity index (χ4v) is 3.54. The second-order valence-corrected chi connectivity index (χ2v) is 8.90. The summed E-state index contributed by atoms with van der Waals surface area (Å²) in [7, 11) is 1.08. The minimum absolute atomic E-state index is 0.146. The standard InChI is InChI=1S/C13H18N2O2S.C8H15NO2S/c1-13(2,11(16)15-12(18)14-3)9-5-7-10(17-4)8-6-9;1-2-3-4-5-8(6-7-8)9-12(10)11/h5-8H,1-4H3,(H2,14,15,16,18);2-7H2,1H3. The van der Waals surface area contributed by atoms with Crippen LogP contribution >= 0.6 is 12.2 Å². The molecule has 1 saturated carbocycles. The number of carbonyl (C=O) groups excluding carboxylic acids is 1.